The van der Waals surface area contributed by atoms with Gasteiger partial charge in [0, 0.05) is 11.8 Å². The number of aliphatic hydroxyl groups excluding tert-OH is 2. The van der Waals surface area contributed by atoms with Crippen LogP contribution in [0.1, 0.15) is 26.3 Å². The van der Waals surface area contributed by atoms with E-state index in [2.05, 4.69) is 0 Å². The first kappa shape index (κ1) is 16.9. The molecule has 0 aliphatic rings. The van der Waals surface area contributed by atoms with Gasteiger partial charge in [-0.2, -0.15) is 0 Å². The van der Waals surface area contributed by atoms with Crippen molar-refractivity contribution in [1.82, 2.24) is 0 Å². The predicted molar refractivity (Wildman–Crippen MR) is 81.3 cm³/mol. The molecule has 0 saturated carbocycles. The van der Waals surface area contributed by atoms with Crippen molar-refractivity contribution in [1.29, 1.82) is 0 Å². The summed E-state index contributed by atoms with van der Waals surface area (Å²) in [7, 11) is 0. The number of rotatable bonds is 8. The van der Waals surface area contributed by atoms with Crippen molar-refractivity contribution in [3.8, 4) is 0 Å². The summed E-state index contributed by atoms with van der Waals surface area (Å²) in [6, 6.07) is 9.96. The van der Waals surface area contributed by atoms with Gasteiger partial charge in [-0.1, -0.05) is 56.3 Å². The maximum atomic E-state index is 10.2. The lowest BCUT2D eigenvalue weighted by atomic mass is 9.89. The van der Waals surface area contributed by atoms with Crippen molar-refractivity contribution < 1.29 is 14.9 Å². The predicted octanol–water partition coefficient (Wildman–Crippen LogP) is 2.77. The molecular formula is C17H26O3. The monoisotopic (exact) mass is 278 g/mol. The molecule has 3 heteroatoms. The average Bonchev–Trinajstić information content (AvgIpc) is 2.47. The molecule has 2 N–H and O–H groups in total. The quantitative estimate of drug-likeness (QED) is 0.719. The second-order valence-corrected chi connectivity index (χ2v) is 5.34. The van der Waals surface area contributed by atoms with Crippen molar-refractivity contribution in [3.05, 3.63) is 48.0 Å². The molecule has 0 radical (unpaired) electrons. The summed E-state index contributed by atoms with van der Waals surface area (Å²) in [4.78, 5) is 0. The Morgan fingerprint density at radius 3 is 2.40 bits per heavy atom. The Morgan fingerprint density at radius 2 is 1.80 bits per heavy atom. The highest BCUT2D eigenvalue weighted by molar-refractivity contribution is 5.13. The van der Waals surface area contributed by atoms with E-state index in [1.807, 2.05) is 51.1 Å². The summed E-state index contributed by atoms with van der Waals surface area (Å²) in [6.07, 6.45) is 2.29. The fourth-order valence-electron chi connectivity index (χ4n) is 2.13. The second-order valence-electron chi connectivity index (χ2n) is 5.34. The molecule has 0 saturated heterocycles. The van der Waals surface area contributed by atoms with E-state index in [-0.39, 0.29) is 11.8 Å². The molecule has 112 valence electrons. The molecule has 0 spiro atoms. The SMILES string of the molecule is C/C=C/[C@@H](O)[C@H](C)[C@H](O)[C@H](C)COCc1ccccc1. The summed E-state index contributed by atoms with van der Waals surface area (Å²) in [5, 5.41) is 20.1. The lowest BCUT2D eigenvalue weighted by molar-refractivity contribution is -0.0230. The maximum absolute atomic E-state index is 10.2. The zero-order valence-corrected chi connectivity index (χ0v) is 12.6. The highest BCUT2D eigenvalue weighted by atomic mass is 16.5. The van der Waals surface area contributed by atoms with Crippen LogP contribution in [0.25, 0.3) is 0 Å². The average molecular weight is 278 g/mol. The minimum atomic E-state index is -0.619. The van der Waals surface area contributed by atoms with Gasteiger partial charge in [0.15, 0.2) is 0 Å². The molecule has 0 aromatic heterocycles. The molecule has 0 unspecified atom stereocenters. The van der Waals surface area contributed by atoms with Crippen LogP contribution in [0, 0.1) is 11.8 Å². The summed E-state index contributed by atoms with van der Waals surface area (Å²) >= 11 is 0. The van der Waals surface area contributed by atoms with E-state index in [0.29, 0.717) is 13.2 Å². The molecule has 0 aliphatic heterocycles. The van der Waals surface area contributed by atoms with Gasteiger partial charge in [-0.15, -0.1) is 0 Å². The van der Waals surface area contributed by atoms with Crippen LogP contribution in [-0.2, 0) is 11.3 Å². The first-order valence-corrected chi connectivity index (χ1v) is 7.16. The number of hydrogen-bond donors (Lipinski definition) is 2. The van der Waals surface area contributed by atoms with Crippen LogP contribution in [0.3, 0.4) is 0 Å². The lowest BCUT2D eigenvalue weighted by Gasteiger charge is -2.27. The van der Waals surface area contributed by atoms with E-state index < -0.39 is 12.2 Å². The highest BCUT2D eigenvalue weighted by Crippen LogP contribution is 2.18. The van der Waals surface area contributed by atoms with E-state index >= 15 is 0 Å². The third-order valence-corrected chi connectivity index (χ3v) is 3.54. The number of ether oxygens (including phenoxy) is 1. The number of allylic oxidation sites excluding steroid dienone is 1. The van der Waals surface area contributed by atoms with Gasteiger partial charge >= 0.3 is 0 Å². The molecule has 0 bridgehead atoms. The van der Waals surface area contributed by atoms with Crippen LogP contribution >= 0.6 is 0 Å². The summed E-state index contributed by atoms with van der Waals surface area (Å²) < 4.78 is 5.63. The molecule has 0 amide bonds. The van der Waals surface area contributed by atoms with Crippen molar-refractivity contribution >= 4 is 0 Å². The fourth-order valence-corrected chi connectivity index (χ4v) is 2.13. The van der Waals surface area contributed by atoms with Crippen molar-refractivity contribution in [2.75, 3.05) is 6.61 Å². The zero-order valence-electron chi connectivity index (χ0n) is 12.6. The van der Waals surface area contributed by atoms with E-state index in [4.69, 9.17) is 4.74 Å². The lowest BCUT2D eigenvalue weighted by Crippen LogP contribution is -2.35. The van der Waals surface area contributed by atoms with Crippen LogP contribution in [-0.4, -0.2) is 29.0 Å². The molecule has 1 aromatic carbocycles. The molecule has 0 aliphatic carbocycles. The summed E-state index contributed by atoms with van der Waals surface area (Å²) in [5.74, 6) is -0.227. The molecule has 4 atom stereocenters. The van der Waals surface area contributed by atoms with E-state index in [1.54, 1.807) is 12.2 Å². The number of hydrogen-bond acceptors (Lipinski definition) is 3. The van der Waals surface area contributed by atoms with Crippen molar-refractivity contribution in [3.63, 3.8) is 0 Å². The van der Waals surface area contributed by atoms with Crippen molar-refractivity contribution in [2.45, 2.75) is 39.6 Å². The van der Waals surface area contributed by atoms with Crippen LogP contribution in [0.15, 0.2) is 42.5 Å². The largest absolute Gasteiger partial charge is 0.392 e. The third-order valence-electron chi connectivity index (χ3n) is 3.54. The van der Waals surface area contributed by atoms with Crippen LogP contribution in [0.2, 0.25) is 0 Å². The van der Waals surface area contributed by atoms with Gasteiger partial charge in [-0.05, 0) is 12.5 Å². The first-order chi connectivity index (χ1) is 9.56. The Kier molecular flexibility index (Phi) is 7.52. The zero-order chi connectivity index (χ0) is 15.0. The first-order valence-electron chi connectivity index (χ1n) is 7.16. The van der Waals surface area contributed by atoms with E-state index in [9.17, 15) is 10.2 Å². The topological polar surface area (TPSA) is 49.7 Å². The van der Waals surface area contributed by atoms with Gasteiger partial charge in [0.2, 0.25) is 0 Å². The molecule has 1 aromatic rings. The number of aliphatic hydroxyl groups is 2. The van der Waals surface area contributed by atoms with Crippen LogP contribution in [0.4, 0.5) is 0 Å². The Bertz CT molecular complexity index is 388. The fraction of sp³-hybridized carbons (Fsp3) is 0.529. The second kappa shape index (κ2) is 8.90. The molecule has 0 fully saturated rings. The smallest absolute Gasteiger partial charge is 0.0771 e. The normalized spacial score (nSPS) is 17.9. The van der Waals surface area contributed by atoms with Gasteiger partial charge in [-0.3, -0.25) is 0 Å². The van der Waals surface area contributed by atoms with Gasteiger partial charge < -0.3 is 14.9 Å². The van der Waals surface area contributed by atoms with Gasteiger partial charge in [-0.25, -0.2) is 0 Å². The molecular weight excluding hydrogens is 252 g/mol. The minimum absolute atomic E-state index is 0.0198. The van der Waals surface area contributed by atoms with Gasteiger partial charge in [0.1, 0.15) is 0 Å². The Hall–Kier alpha value is -1.16. The Balaban J connectivity index is 2.36. The van der Waals surface area contributed by atoms with Gasteiger partial charge in [0.05, 0.1) is 25.4 Å². The molecule has 20 heavy (non-hydrogen) atoms. The standard InChI is InChI=1S/C17H26O3/c1-4-8-16(18)14(3)17(19)13(2)11-20-12-15-9-6-5-7-10-15/h4-10,13-14,16-19H,11-12H2,1-3H3/b8-4+/t13-,14+,16-,17-/m1/s1. The summed E-state index contributed by atoms with van der Waals surface area (Å²) in [6.45, 7) is 6.67. The van der Waals surface area contributed by atoms with E-state index in [0.717, 1.165) is 5.56 Å². The molecule has 3 nitrogen and oxygen atoms in total. The Morgan fingerprint density at radius 1 is 1.15 bits per heavy atom. The van der Waals surface area contributed by atoms with Crippen molar-refractivity contribution in [2.24, 2.45) is 11.8 Å². The molecule has 1 rings (SSSR count). The highest BCUT2D eigenvalue weighted by Gasteiger charge is 2.25. The van der Waals surface area contributed by atoms with E-state index in [1.165, 1.54) is 0 Å². The maximum Gasteiger partial charge on any atom is 0.0771 e. The van der Waals surface area contributed by atoms with Crippen LogP contribution in [0.5, 0.6) is 0 Å². The summed E-state index contributed by atoms with van der Waals surface area (Å²) in [5.41, 5.74) is 1.12. The Labute approximate surface area is 121 Å². The van der Waals surface area contributed by atoms with Crippen LogP contribution < -0.4 is 0 Å². The minimum Gasteiger partial charge on any atom is -0.392 e. The molecule has 0 heterocycles. The van der Waals surface area contributed by atoms with Gasteiger partial charge in [0.25, 0.3) is 0 Å². The third kappa shape index (κ3) is 5.45. The number of benzene rings is 1.